The number of nitrogens with one attached hydrogen (secondary N) is 2. The van der Waals surface area contributed by atoms with E-state index < -0.39 is 21.7 Å². The van der Waals surface area contributed by atoms with Crippen LogP contribution in [-0.2, 0) is 10.0 Å². The molecule has 0 aliphatic rings. The second kappa shape index (κ2) is 8.24. The predicted molar refractivity (Wildman–Crippen MR) is 108 cm³/mol. The number of ketones is 1. The van der Waals surface area contributed by atoms with Crippen LogP contribution < -0.4 is 10.0 Å². The summed E-state index contributed by atoms with van der Waals surface area (Å²) in [6, 6.07) is 17.1. The Kier molecular flexibility index (Phi) is 5.74. The van der Waals surface area contributed by atoms with Crippen molar-refractivity contribution in [1.82, 2.24) is 0 Å². The normalized spacial score (nSPS) is 11.0. The Balaban J connectivity index is 1.83. The van der Waals surface area contributed by atoms with E-state index in [1.165, 1.54) is 55.5 Å². The van der Waals surface area contributed by atoms with E-state index in [0.29, 0.717) is 11.3 Å². The zero-order valence-corrected chi connectivity index (χ0v) is 16.2. The standard InChI is InChI=1S/C21H17FN2O4S/c1-14(25)15-6-4-8-17(12-15)23-21(26)16-7-5-9-18(13-16)29(27,28)24-20-11-3-2-10-19(20)22/h2-13,24H,1H3,(H,23,26). The number of halogens is 1. The molecule has 0 unspecified atom stereocenters. The molecule has 3 aromatic carbocycles. The smallest absolute Gasteiger partial charge is 0.262 e. The maximum atomic E-state index is 13.8. The van der Waals surface area contributed by atoms with E-state index in [-0.39, 0.29) is 21.9 Å². The quantitative estimate of drug-likeness (QED) is 0.597. The molecule has 3 rings (SSSR count). The molecule has 0 aliphatic heterocycles. The fourth-order valence-corrected chi connectivity index (χ4v) is 3.68. The van der Waals surface area contributed by atoms with Crippen molar-refractivity contribution in [3.05, 3.63) is 89.7 Å². The van der Waals surface area contributed by atoms with Crippen LogP contribution in [0.15, 0.2) is 77.7 Å². The molecule has 0 saturated carbocycles. The molecule has 8 heteroatoms. The number of para-hydroxylation sites is 1. The molecule has 0 aliphatic carbocycles. The van der Waals surface area contributed by atoms with Crippen LogP contribution in [0.1, 0.15) is 27.6 Å². The first-order chi connectivity index (χ1) is 13.8. The molecule has 148 valence electrons. The summed E-state index contributed by atoms with van der Waals surface area (Å²) in [6.07, 6.45) is 0. The van der Waals surface area contributed by atoms with Gasteiger partial charge in [0.25, 0.3) is 15.9 Å². The summed E-state index contributed by atoms with van der Waals surface area (Å²) in [6.45, 7) is 1.41. The Bertz CT molecular complexity index is 1190. The van der Waals surface area contributed by atoms with Crippen molar-refractivity contribution in [1.29, 1.82) is 0 Å². The van der Waals surface area contributed by atoms with Gasteiger partial charge in [0.05, 0.1) is 10.6 Å². The van der Waals surface area contributed by atoms with Crippen LogP contribution in [0.4, 0.5) is 15.8 Å². The molecule has 0 atom stereocenters. The predicted octanol–water partition coefficient (Wildman–Crippen LogP) is 4.08. The van der Waals surface area contributed by atoms with Gasteiger partial charge in [0.2, 0.25) is 0 Å². The Morgan fingerprint density at radius 3 is 2.28 bits per heavy atom. The van der Waals surface area contributed by atoms with Crippen LogP contribution in [0.2, 0.25) is 0 Å². The molecule has 0 radical (unpaired) electrons. The van der Waals surface area contributed by atoms with Gasteiger partial charge in [-0.05, 0) is 49.4 Å². The average Bonchev–Trinajstić information content (AvgIpc) is 2.70. The molecule has 0 spiro atoms. The van der Waals surface area contributed by atoms with E-state index in [9.17, 15) is 22.4 Å². The van der Waals surface area contributed by atoms with Crippen molar-refractivity contribution in [3.8, 4) is 0 Å². The molecule has 1 amide bonds. The maximum Gasteiger partial charge on any atom is 0.262 e. The van der Waals surface area contributed by atoms with Crippen LogP contribution >= 0.6 is 0 Å². The van der Waals surface area contributed by atoms with Crippen molar-refractivity contribution in [2.75, 3.05) is 10.0 Å². The first kappa shape index (κ1) is 20.2. The summed E-state index contributed by atoms with van der Waals surface area (Å²) in [7, 11) is -4.10. The number of anilines is 2. The monoisotopic (exact) mass is 412 g/mol. The van der Waals surface area contributed by atoms with Crippen molar-refractivity contribution in [2.24, 2.45) is 0 Å². The van der Waals surface area contributed by atoms with Crippen molar-refractivity contribution < 1.29 is 22.4 Å². The molecule has 0 saturated heterocycles. The molecule has 0 aromatic heterocycles. The second-order valence-electron chi connectivity index (χ2n) is 6.20. The van der Waals surface area contributed by atoms with Crippen LogP contribution in [0, 0.1) is 5.82 Å². The van der Waals surface area contributed by atoms with Gasteiger partial charge >= 0.3 is 0 Å². The number of Topliss-reactive ketones (excluding diaryl/α,β-unsaturated/α-hetero) is 1. The number of rotatable bonds is 6. The van der Waals surface area contributed by atoms with Gasteiger partial charge in [0, 0.05) is 16.8 Å². The molecule has 3 aromatic rings. The van der Waals surface area contributed by atoms with Crippen LogP contribution in [-0.4, -0.2) is 20.1 Å². The van der Waals surface area contributed by atoms with E-state index in [1.54, 1.807) is 18.2 Å². The molecule has 0 fully saturated rings. The number of sulfonamides is 1. The molecule has 6 nitrogen and oxygen atoms in total. The molecular weight excluding hydrogens is 395 g/mol. The molecular formula is C21H17FN2O4S. The second-order valence-corrected chi connectivity index (χ2v) is 7.89. The highest BCUT2D eigenvalue weighted by molar-refractivity contribution is 7.92. The van der Waals surface area contributed by atoms with E-state index in [1.807, 2.05) is 0 Å². The van der Waals surface area contributed by atoms with Crippen LogP contribution in [0.25, 0.3) is 0 Å². The highest BCUT2D eigenvalue weighted by atomic mass is 32.2. The van der Waals surface area contributed by atoms with Gasteiger partial charge in [-0.1, -0.05) is 30.3 Å². The zero-order valence-electron chi connectivity index (χ0n) is 15.3. The summed E-state index contributed by atoms with van der Waals surface area (Å²) < 4.78 is 41.0. The number of carbonyl (C=O) groups excluding carboxylic acids is 2. The Morgan fingerprint density at radius 1 is 0.862 bits per heavy atom. The van der Waals surface area contributed by atoms with Gasteiger partial charge in [-0.15, -0.1) is 0 Å². The summed E-state index contributed by atoms with van der Waals surface area (Å²) in [5, 5.41) is 2.62. The fraction of sp³-hybridized carbons (Fsp3) is 0.0476. The van der Waals surface area contributed by atoms with Crippen molar-refractivity contribution in [2.45, 2.75) is 11.8 Å². The van der Waals surface area contributed by atoms with Gasteiger partial charge in [0.1, 0.15) is 5.82 Å². The lowest BCUT2D eigenvalue weighted by Gasteiger charge is -2.11. The Labute approximate surface area is 167 Å². The average molecular weight is 412 g/mol. The summed E-state index contributed by atoms with van der Waals surface area (Å²) in [5.74, 6) is -1.41. The maximum absolute atomic E-state index is 13.8. The van der Waals surface area contributed by atoms with E-state index in [0.717, 1.165) is 6.07 Å². The number of amides is 1. The Morgan fingerprint density at radius 2 is 1.55 bits per heavy atom. The van der Waals surface area contributed by atoms with Crippen molar-refractivity contribution in [3.63, 3.8) is 0 Å². The lowest BCUT2D eigenvalue weighted by Crippen LogP contribution is -2.16. The summed E-state index contributed by atoms with van der Waals surface area (Å²) >= 11 is 0. The topological polar surface area (TPSA) is 92.3 Å². The number of benzene rings is 3. The fourth-order valence-electron chi connectivity index (χ4n) is 2.57. The molecule has 0 bridgehead atoms. The number of carbonyl (C=O) groups is 2. The zero-order chi connectivity index (χ0) is 21.0. The van der Waals surface area contributed by atoms with Crippen LogP contribution in [0.3, 0.4) is 0 Å². The van der Waals surface area contributed by atoms with Gasteiger partial charge in [0.15, 0.2) is 5.78 Å². The SMILES string of the molecule is CC(=O)c1cccc(NC(=O)c2cccc(S(=O)(=O)Nc3ccccc3F)c2)c1. The highest BCUT2D eigenvalue weighted by Gasteiger charge is 2.18. The largest absolute Gasteiger partial charge is 0.322 e. The first-order valence-corrected chi connectivity index (χ1v) is 10.0. The van der Waals surface area contributed by atoms with Crippen LogP contribution in [0.5, 0.6) is 0 Å². The minimum Gasteiger partial charge on any atom is -0.322 e. The molecule has 0 heterocycles. The van der Waals surface area contributed by atoms with Gasteiger partial charge in [-0.3, -0.25) is 14.3 Å². The highest BCUT2D eigenvalue weighted by Crippen LogP contribution is 2.20. The lowest BCUT2D eigenvalue weighted by atomic mass is 10.1. The number of hydrogen-bond acceptors (Lipinski definition) is 4. The first-order valence-electron chi connectivity index (χ1n) is 8.56. The Hall–Kier alpha value is -3.52. The van der Waals surface area contributed by atoms with Gasteiger partial charge in [-0.2, -0.15) is 0 Å². The van der Waals surface area contributed by atoms with Gasteiger partial charge in [-0.25, -0.2) is 12.8 Å². The summed E-state index contributed by atoms with van der Waals surface area (Å²) in [5.41, 5.74) is 0.742. The minimum atomic E-state index is -4.10. The molecule has 2 N–H and O–H groups in total. The number of hydrogen-bond donors (Lipinski definition) is 2. The van der Waals surface area contributed by atoms with E-state index >= 15 is 0 Å². The third-order valence-electron chi connectivity index (χ3n) is 4.05. The molecule has 29 heavy (non-hydrogen) atoms. The lowest BCUT2D eigenvalue weighted by molar-refractivity contribution is 0.101. The minimum absolute atomic E-state index is 0.0923. The summed E-state index contributed by atoms with van der Waals surface area (Å²) in [4.78, 5) is 23.8. The van der Waals surface area contributed by atoms with E-state index in [4.69, 9.17) is 0 Å². The van der Waals surface area contributed by atoms with E-state index in [2.05, 4.69) is 10.0 Å². The van der Waals surface area contributed by atoms with Gasteiger partial charge < -0.3 is 5.32 Å². The van der Waals surface area contributed by atoms with Crippen molar-refractivity contribution >= 4 is 33.1 Å². The third kappa shape index (κ3) is 4.85. The third-order valence-corrected chi connectivity index (χ3v) is 5.41.